The third-order valence-electron chi connectivity index (χ3n) is 2.73. The molecule has 6 heteroatoms. The molecule has 0 aliphatic rings. The van der Waals surface area contributed by atoms with Crippen LogP contribution in [0.4, 0.5) is 0 Å². The largest absolute Gasteiger partial charge is 0.493 e. The van der Waals surface area contributed by atoms with E-state index in [1.54, 1.807) is 12.1 Å². The van der Waals surface area contributed by atoms with Crippen molar-refractivity contribution in [2.75, 3.05) is 13.7 Å². The summed E-state index contributed by atoms with van der Waals surface area (Å²) in [5.41, 5.74) is 0.297. The molecule has 0 radical (unpaired) electrons. The van der Waals surface area contributed by atoms with Gasteiger partial charge < -0.3 is 19.9 Å². The Morgan fingerprint density at radius 1 is 1.43 bits per heavy atom. The standard InChI is InChI=1S/C15H19NO5/c1-4-6-11(15(18)19)16-14(17)10-7-8-12(21-5-2)13(9-10)20-3/h4,7-9,11H,1,5-6H2,2-3H3,(H,16,17)(H,18,19). The molecule has 0 saturated carbocycles. The number of carboxylic acid groups (broad SMARTS) is 1. The van der Waals surface area contributed by atoms with E-state index in [1.165, 1.54) is 19.3 Å². The summed E-state index contributed by atoms with van der Waals surface area (Å²) >= 11 is 0. The molecule has 0 fully saturated rings. The third kappa shape index (κ3) is 4.52. The zero-order valence-corrected chi connectivity index (χ0v) is 12.1. The van der Waals surface area contributed by atoms with Crippen LogP contribution in [-0.4, -0.2) is 36.7 Å². The number of methoxy groups -OCH3 is 1. The first-order valence-corrected chi connectivity index (χ1v) is 6.48. The van der Waals surface area contributed by atoms with E-state index in [-0.39, 0.29) is 6.42 Å². The Morgan fingerprint density at radius 3 is 2.67 bits per heavy atom. The van der Waals surface area contributed by atoms with Crippen molar-refractivity contribution in [1.82, 2.24) is 5.32 Å². The van der Waals surface area contributed by atoms with Crippen molar-refractivity contribution in [3.8, 4) is 11.5 Å². The Kier molecular flexibility index (Phi) is 6.26. The number of aliphatic carboxylic acids is 1. The van der Waals surface area contributed by atoms with E-state index in [0.29, 0.717) is 23.7 Å². The van der Waals surface area contributed by atoms with Gasteiger partial charge in [-0.1, -0.05) is 6.08 Å². The van der Waals surface area contributed by atoms with Crippen LogP contribution in [0.5, 0.6) is 11.5 Å². The van der Waals surface area contributed by atoms with Crippen LogP contribution in [0, 0.1) is 0 Å². The minimum atomic E-state index is -1.11. The molecule has 1 atom stereocenters. The fourth-order valence-corrected chi connectivity index (χ4v) is 1.71. The average molecular weight is 293 g/mol. The Balaban J connectivity index is 2.91. The summed E-state index contributed by atoms with van der Waals surface area (Å²) in [4.78, 5) is 23.1. The van der Waals surface area contributed by atoms with Crippen LogP contribution in [0.2, 0.25) is 0 Å². The lowest BCUT2D eigenvalue weighted by Gasteiger charge is -2.14. The minimum Gasteiger partial charge on any atom is -0.493 e. The van der Waals surface area contributed by atoms with Gasteiger partial charge in [-0.3, -0.25) is 4.79 Å². The highest BCUT2D eigenvalue weighted by Gasteiger charge is 2.20. The Labute approximate surface area is 123 Å². The molecule has 0 aliphatic carbocycles. The quantitative estimate of drug-likeness (QED) is 0.715. The van der Waals surface area contributed by atoms with Gasteiger partial charge in [-0.2, -0.15) is 0 Å². The van der Waals surface area contributed by atoms with Gasteiger partial charge in [0.1, 0.15) is 6.04 Å². The van der Waals surface area contributed by atoms with Gasteiger partial charge >= 0.3 is 5.97 Å². The summed E-state index contributed by atoms with van der Waals surface area (Å²) in [7, 11) is 1.47. The molecule has 114 valence electrons. The lowest BCUT2D eigenvalue weighted by atomic mass is 10.1. The summed E-state index contributed by atoms with van der Waals surface area (Å²) in [6.45, 7) is 5.79. The number of carbonyl (C=O) groups excluding carboxylic acids is 1. The Hall–Kier alpha value is -2.50. The first-order chi connectivity index (χ1) is 10.0. The number of hydrogen-bond acceptors (Lipinski definition) is 4. The van der Waals surface area contributed by atoms with E-state index in [0.717, 1.165) is 0 Å². The highest BCUT2D eigenvalue weighted by Crippen LogP contribution is 2.28. The van der Waals surface area contributed by atoms with E-state index < -0.39 is 17.9 Å². The fraction of sp³-hybridized carbons (Fsp3) is 0.333. The lowest BCUT2D eigenvalue weighted by Crippen LogP contribution is -2.40. The highest BCUT2D eigenvalue weighted by atomic mass is 16.5. The van der Waals surface area contributed by atoms with Crippen molar-refractivity contribution < 1.29 is 24.2 Å². The molecule has 0 aliphatic heterocycles. The van der Waals surface area contributed by atoms with Crippen LogP contribution < -0.4 is 14.8 Å². The second-order valence-corrected chi connectivity index (χ2v) is 4.19. The van der Waals surface area contributed by atoms with Crippen LogP contribution in [0.25, 0.3) is 0 Å². The number of hydrogen-bond donors (Lipinski definition) is 2. The van der Waals surface area contributed by atoms with Crippen molar-refractivity contribution in [3.05, 3.63) is 36.4 Å². The van der Waals surface area contributed by atoms with E-state index in [2.05, 4.69) is 11.9 Å². The van der Waals surface area contributed by atoms with E-state index in [1.807, 2.05) is 6.92 Å². The zero-order valence-electron chi connectivity index (χ0n) is 12.1. The van der Waals surface area contributed by atoms with E-state index in [4.69, 9.17) is 14.6 Å². The van der Waals surface area contributed by atoms with Gasteiger partial charge in [0.25, 0.3) is 5.91 Å². The number of amides is 1. The number of carboxylic acids is 1. The molecule has 0 saturated heterocycles. The van der Waals surface area contributed by atoms with Gasteiger partial charge in [-0.15, -0.1) is 6.58 Å². The number of nitrogens with one attached hydrogen (secondary N) is 1. The smallest absolute Gasteiger partial charge is 0.326 e. The number of ether oxygens (including phenoxy) is 2. The van der Waals surface area contributed by atoms with Crippen molar-refractivity contribution in [2.24, 2.45) is 0 Å². The van der Waals surface area contributed by atoms with Crippen molar-refractivity contribution in [3.63, 3.8) is 0 Å². The summed E-state index contributed by atoms with van der Waals surface area (Å²) in [5, 5.41) is 11.4. The van der Waals surface area contributed by atoms with E-state index >= 15 is 0 Å². The topological polar surface area (TPSA) is 84.9 Å². The monoisotopic (exact) mass is 293 g/mol. The molecule has 1 unspecified atom stereocenters. The van der Waals surface area contributed by atoms with Gasteiger partial charge in [-0.25, -0.2) is 4.79 Å². The van der Waals surface area contributed by atoms with Gasteiger partial charge in [-0.05, 0) is 31.5 Å². The third-order valence-corrected chi connectivity index (χ3v) is 2.73. The van der Waals surface area contributed by atoms with Crippen LogP contribution in [-0.2, 0) is 4.79 Å². The summed E-state index contributed by atoms with van der Waals surface area (Å²) < 4.78 is 10.5. The first-order valence-electron chi connectivity index (χ1n) is 6.48. The van der Waals surface area contributed by atoms with Gasteiger partial charge in [0.05, 0.1) is 13.7 Å². The summed E-state index contributed by atoms with van der Waals surface area (Å²) in [6, 6.07) is 3.66. The van der Waals surface area contributed by atoms with Crippen molar-refractivity contribution >= 4 is 11.9 Å². The second-order valence-electron chi connectivity index (χ2n) is 4.19. The SMILES string of the molecule is C=CCC(NC(=O)c1ccc(OCC)c(OC)c1)C(=O)O. The van der Waals surface area contributed by atoms with Crippen LogP contribution in [0.15, 0.2) is 30.9 Å². The van der Waals surface area contributed by atoms with Gasteiger partial charge in [0, 0.05) is 5.56 Å². The normalized spacial score (nSPS) is 11.3. The maximum atomic E-state index is 12.1. The van der Waals surface area contributed by atoms with Gasteiger partial charge in [0.15, 0.2) is 11.5 Å². The number of rotatable bonds is 8. The molecule has 0 bridgehead atoms. The Morgan fingerprint density at radius 2 is 2.14 bits per heavy atom. The van der Waals surface area contributed by atoms with Crippen molar-refractivity contribution in [1.29, 1.82) is 0 Å². The Bertz CT molecular complexity index is 527. The lowest BCUT2D eigenvalue weighted by molar-refractivity contribution is -0.139. The molecular weight excluding hydrogens is 274 g/mol. The summed E-state index contributed by atoms with van der Waals surface area (Å²) in [6.07, 6.45) is 1.59. The molecule has 6 nitrogen and oxygen atoms in total. The molecular formula is C15H19NO5. The number of benzene rings is 1. The summed E-state index contributed by atoms with van der Waals surface area (Å²) in [5.74, 6) is -0.663. The molecule has 0 aromatic heterocycles. The highest BCUT2D eigenvalue weighted by molar-refractivity contribution is 5.97. The number of carbonyl (C=O) groups is 2. The fourth-order valence-electron chi connectivity index (χ4n) is 1.71. The average Bonchev–Trinajstić information content (AvgIpc) is 2.47. The zero-order chi connectivity index (χ0) is 15.8. The van der Waals surface area contributed by atoms with Crippen LogP contribution in [0.3, 0.4) is 0 Å². The first kappa shape index (κ1) is 16.6. The predicted octanol–water partition coefficient (Wildman–Crippen LogP) is 1.85. The molecule has 1 amide bonds. The molecule has 2 N–H and O–H groups in total. The van der Waals surface area contributed by atoms with Crippen LogP contribution >= 0.6 is 0 Å². The molecule has 21 heavy (non-hydrogen) atoms. The van der Waals surface area contributed by atoms with Gasteiger partial charge in [0.2, 0.25) is 0 Å². The molecule has 0 heterocycles. The molecule has 1 aromatic carbocycles. The van der Waals surface area contributed by atoms with Crippen LogP contribution in [0.1, 0.15) is 23.7 Å². The predicted molar refractivity (Wildman–Crippen MR) is 77.9 cm³/mol. The maximum Gasteiger partial charge on any atom is 0.326 e. The minimum absolute atomic E-state index is 0.148. The van der Waals surface area contributed by atoms with E-state index in [9.17, 15) is 9.59 Å². The molecule has 1 rings (SSSR count). The maximum absolute atomic E-state index is 12.1. The van der Waals surface area contributed by atoms with Crippen molar-refractivity contribution in [2.45, 2.75) is 19.4 Å². The molecule has 1 aromatic rings. The molecule has 0 spiro atoms. The second kappa shape index (κ2) is 7.94.